The van der Waals surface area contributed by atoms with Crippen LogP contribution in [0.3, 0.4) is 0 Å². The highest BCUT2D eigenvalue weighted by atomic mass is 16.1. The van der Waals surface area contributed by atoms with Gasteiger partial charge in [0.05, 0.1) is 0 Å². The number of allylic oxidation sites excluding steroid dienone is 4. The third-order valence-corrected chi connectivity index (χ3v) is 3.79. The van der Waals surface area contributed by atoms with Gasteiger partial charge < -0.3 is 0 Å². The molecule has 0 aromatic carbocycles. The van der Waals surface area contributed by atoms with Crippen molar-refractivity contribution in [1.82, 2.24) is 0 Å². The van der Waals surface area contributed by atoms with Gasteiger partial charge >= 0.3 is 0 Å². The molecule has 0 saturated heterocycles. The molecular weight excluding hydrogens is 172 g/mol. The Morgan fingerprint density at radius 2 is 2.14 bits per heavy atom. The lowest BCUT2D eigenvalue weighted by Gasteiger charge is -2.43. The Morgan fingerprint density at radius 1 is 1.43 bits per heavy atom. The number of fused-ring (bicyclic) bond motifs is 1. The normalized spacial score (nSPS) is 39.6. The largest absolute Gasteiger partial charge is 0.295 e. The maximum atomic E-state index is 11.8. The van der Waals surface area contributed by atoms with E-state index in [1.807, 2.05) is 0 Å². The smallest absolute Gasteiger partial charge is 0.159 e. The molecule has 2 aliphatic carbocycles. The summed E-state index contributed by atoms with van der Waals surface area (Å²) in [5.41, 5.74) is 0.178. The van der Waals surface area contributed by atoms with E-state index in [2.05, 4.69) is 39.0 Å². The summed E-state index contributed by atoms with van der Waals surface area (Å²) >= 11 is 0. The molecule has 3 atom stereocenters. The molecule has 0 saturated carbocycles. The Balaban J connectivity index is 2.40. The average molecular weight is 190 g/mol. The van der Waals surface area contributed by atoms with Gasteiger partial charge in [0, 0.05) is 5.92 Å². The first-order chi connectivity index (χ1) is 6.52. The molecule has 0 spiro atoms. The van der Waals surface area contributed by atoms with Gasteiger partial charge in [0.2, 0.25) is 0 Å². The van der Waals surface area contributed by atoms with Gasteiger partial charge in [-0.05, 0) is 29.7 Å². The summed E-state index contributed by atoms with van der Waals surface area (Å²) in [4.78, 5) is 11.8. The van der Waals surface area contributed by atoms with E-state index in [9.17, 15) is 4.79 Å². The molecule has 2 rings (SSSR count). The summed E-state index contributed by atoms with van der Waals surface area (Å²) in [5.74, 6) is 1.46. The van der Waals surface area contributed by atoms with Crippen molar-refractivity contribution in [1.29, 1.82) is 0 Å². The van der Waals surface area contributed by atoms with Crippen LogP contribution < -0.4 is 0 Å². The van der Waals surface area contributed by atoms with Gasteiger partial charge in [-0.1, -0.05) is 39.0 Å². The minimum absolute atomic E-state index is 0.178. The van der Waals surface area contributed by atoms with Crippen molar-refractivity contribution in [3.63, 3.8) is 0 Å². The molecule has 76 valence electrons. The van der Waals surface area contributed by atoms with Gasteiger partial charge in [-0.25, -0.2) is 0 Å². The first-order valence-electron chi connectivity index (χ1n) is 5.42. The Labute approximate surface area is 85.9 Å². The fourth-order valence-electron chi connectivity index (χ4n) is 2.83. The van der Waals surface area contributed by atoms with E-state index in [0.29, 0.717) is 17.6 Å². The molecule has 0 N–H and O–H groups in total. The lowest BCUT2D eigenvalue weighted by molar-refractivity contribution is -0.123. The van der Waals surface area contributed by atoms with Crippen molar-refractivity contribution in [3.05, 3.63) is 24.3 Å². The fourth-order valence-corrected chi connectivity index (χ4v) is 2.83. The van der Waals surface area contributed by atoms with Crippen LogP contribution in [0.4, 0.5) is 0 Å². The lowest BCUT2D eigenvalue weighted by Crippen LogP contribution is -2.41. The number of rotatable bonds is 0. The molecule has 0 radical (unpaired) electrons. The van der Waals surface area contributed by atoms with Gasteiger partial charge in [-0.3, -0.25) is 4.79 Å². The molecule has 1 nitrogen and oxygen atoms in total. The predicted molar refractivity (Wildman–Crippen MR) is 57.8 cm³/mol. The fraction of sp³-hybridized carbons (Fsp3) is 0.615. The molecule has 14 heavy (non-hydrogen) atoms. The quantitative estimate of drug-likeness (QED) is 0.537. The van der Waals surface area contributed by atoms with Crippen LogP contribution in [0.5, 0.6) is 0 Å². The van der Waals surface area contributed by atoms with Gasteiger partial charge in [0.15, 0.2) is 5.78 Å². The van der Waals surface area contributed by atoms with E-state index in [0.717, 1.165) is 6.42 Å². The highest BCUT2D eigenvalue weighted by Crippen LogP contribution is 2.45. The molecule has 0 aliphatic heterocycles. The summed E-state index contributed by atoms with van der Waals surface area (Å²) in [6, 6.07) is 0. The van der Waals surface area contributed by atoms with E-state index < -0.39 is 0 Å². The standard InChI is InChI=1S/C13H18O/c1-9-5-4-6-10-12(9)11(14)7-8-13(10,2)3/h4-5,7-10,12H,6H2,1-3H3/t9-,10+,12?/m1/s1. The molecule has 0 aromatic heterocycles. The molecule has 0 heterocycles. The van der Waals surface area contributed by atoms with Crippen molar-refractivity contribution in [3.8, 4) is 0 Å². The number of carbonyl (C=O) groups excluding carboxylic acids is 1. The summed E-state index contributed by atoms with van der Waals surface area (Å²) in [6.45, 7) is 6.62. The van der Waals surface area contributed by atoms with E-state index in [1.54, 1.807) is 6.08 Å². The first kappa shape index (κ1) is 9.70. The van der Waals surface area contributed by atoms with Crippen LogP contribution in [0.25, 0.3) is 0 Å². The Bertz CT molecular complexity index is 309. The molecule has 0 fully saturated rings. The predicted octanol–water partition coefficient (Wildman–Crippen LogP) is 2.98. The highest BCUT2D eigenvalue weighted by molar-refractivity contribution is 5.93. The maximum Gasteiger partial charge on any atom is 0.159 e. The van der Waals surface area contributed by atoms with Crippen molar-refractivity contribution in [2.75, 3.05) is 0 Å². The summed E-state index contributed by atoms with van der Waals surface area (Å²) < 4.78 is 0. The zero-order valence-electron chi connectivity index (χ0n) is 9.16. The molecule has 2 aliphatic rings. The highest BCUT2D eigenvalue weighted by Gasteiger charge is 2.42. The third-order valence-electron chi connectivity index (χ3n) is 3.79. The van der Waals surface area contributed by atoms with Crippen molar-refractivity contribution < 1.29 is 4.79 Å². The van der Waals surface area contributed by atoms with Crippen LogP contribution in [-0.2, 0) is 4.79 Å². The molecular formula is C13H18O. The number of carbonyl (C=O) groups is 1. The molecule has 0 aromatic rings. The second kappa shape index (κ2) is 3.08. The summed E-state index contributed by atoms with van der Waals surface area (Å²) in [5, 5.41) is 0. The Hall–Kier alpha value is -0.850. The van der Waals surface area contributed by atoms with Crippen LogP contribution in [-0.4, -0.2) is 5.78 Å². The van der Waals surface area contributed by atoms with E-state index >= 15 is 0 Å². The van der Waals surface area contributed by atoms with E-state index in [1.165, 1.54) is 0 Å². The van der Waals surface area contributed by atoms with E-state index in [-0.39, 0.29) is 11.3 Å². The van der Waals surface area contributed by atoms with Crippen LogP contribution in [0.15, 0.2) is 24.3 Å². The SMILES string of the molecule is C[C@@H]1C=CC[C@H]2C1C(=O)C=CC2(C)C. The zero-order chi connectivity index (χ0) is 10.3. The first-order valence-corrected chi connectivity index (χ1v) is 5.42. The average Bonchev–Trinajstić information content (AvgIpc) is 2.12. The van der Waals surface area contributed by atoms with Gasteiger partial charge in [-0.15, -0.1) is 0 Å². The number of hydrogen-bond donors (Lipinski definition) is 0. The van der Waals surface area contributed by atoms with Crippen molar-refractivity contribution in [2.24, 2.45) is 23.2 Å². The molecule has 1 heteroatoms. The molecule has 0 amide bonds. The van der Waals surface area contributed by atoms with Crippen LogP contribution >= 0.6 is 0 Å². The summed E-state index contributed by atoms with van der Waals surface area (Å²) in [6.07, 6.45) is 9.35. The molecule has 0 bridgehead atoms. The Kier molecular flexibility index (Phi) is 2.13. The third kappa shape index (κ3) is 1.35. The summed E-state index contributed by atoms with van der Waals surface area (Å²) in [7, 11) is 0. The minimum atomic E-state index is 0.178. The van der Waals surface area contributed by atoms with Gasteiger partial charge in [0.1, 0.15) is 0 Å². The topological polar surface area (TPSA) is 17.1 Å². The zero-order valence-corrected chi connectivity index (χ0v) is 9.16. The van der Waals surface area contributed by atoms with E-state index in [4.69, 9.17) is 0 Å². The van der Waals surface area contributed by atoms with Crippen LogP contribution in [0.2, 0.25) is 0 Å². The lowest BCUT2D eigenvalue weighted by atomic mass is 9.60. The number of ketones is 1. The second-order valence-electron chi connectivity index (χ2n) is 5.21. The van der Waals surface area contributed by atoms with Gasteiger partial charge in [0.25, 0.3) is 0 Å². The molecule has 1 unspecified atom stereocenters. The van der Waals surface area contributed by atoms with Gasteiger partial charge in [-0.2, -0.15) is 0 Å². The minimum Gasteiger partial charge on any atom is -0.295 e. The monoisotopic (exact) mass is 190 g/mol. The van der Waals surface area contributed by atoms with Crippen LogP contribution in [0.1, 0.15) is 27.2 Å². The van der Waals surface area contributed by atoms with Crippen LogP contribution in [0, 0.1) is 23.2 Å². The number of hydrogen-bond acceptors (Lipinski definition) is 1. The van der Waals surface area contributed by atoms with Crippen molar-refractivity contribution in [2.45, 2.75) is 27.2 Å². The Morgan fingerprint density at radius 3 is 2.79 bits per heavy atom. The maximum absolute atomic E-state index is 11.8. The second-order valence-corrected chi connectivity index (χ2v) is 5.21. The van der Waals surface area contributed by atoms with Crippen molar-refractivity contribution >= 4 is 5.78 Å².